The van der Waals surface area contributed by atoms with E-state index in [0.29, 0.717) is 6.54 Å². The number of aliphatic hydroxyl groups is 1. The van der Waals surface area contributed by atoms with E-state index in [0.717, 1.165) is 12.8 Å². The van der Waals surface area contributed by atoms with Crippen LogP contribution < -0.4 is 5.73 Å². The van der Waals surface area contributed by atoms with Crippen LogP contribution in [0.15, 0.2) is 0 Å². The SMILES string of the molecule is CCCCCC(O)(CN)C(C)C. The van der Waals surface area contributed by atoms with Crippen molar-refractivity contribution >= 4 is 0 Å². The van der Waals surface area contributed by atoms with E-state index in [1.807, 2.05) is 13.8 Å². The molecule has 0 aliphatic rings. The zero-order valence-corrected chi connectivity index (χ0v) is 8.64. The standard InChI is InChI=1S/C10H23NO/c1-4-5-6-7-10(12,8-11)9(2)3/h9,12H,4-8,11H2,1-3H3. The molecule has 1 unspecified atom stereocenters. The first-order valence-corrected chi connectivity index (χ1v) is 4.99. The molecular weight excluding hydrogens is 150 g/mol. The minimum absolute atomic E-state index is 0.263. The van der Waals surface area contributed by atoms with E-state index in [1.165, 1.54) is 12.8 Å². The van der Waals surface area contributed by atoms with Gasteiger partial charge in [-0.2, -0.15) is 0 Å². The quantitative estimate of drug-likeness (QED) is 0.603. The van der Waals surface area contributed by atoms with Gasteiger partial charge in [-0.15, -0.1) is 0 Å². The summed E-state index contributed by atoms with van der Waals surface area (Å²) in [6, 6.07) is 0. The number of nitrogens with two attached hydrogens (primary N) is 1. The maximum absolute atomic E-state index is 10.00. The smallest absolute Gasteiger partial charge is 0.0792 e. The molecule has 0 aromatic heterocycles. The second-order valence-electron chi connectivity index (χ2n) is 3.92. The highest BCUT2D eigenvalue weighted by molar-refractivity contribution is 4.82. The molecule has 0 radical (unpaired) electrons. The maximum atomic E-state index is 10.00. The van der Waals surface area contributed by atoms with Gasteiger partial charge in [-0.1, -0.05) is 40.0 Å². The van der Waals surface area contributed by atoms with Crippen molar-refractivity contribution in [1.82, 2.24) is 0 Å². The lowest BCUT2D eigenvalue weighted by Crippen LogP contribution is -2.42. The third-order valence-electron chi connectivity index (χ3n) is 2.64. The normalized spacial score (nSPS) is 16.5. The van der Waals surface area contributed by atoms with E-state index in [2.05, 4.69) is 6.92 Å². The van der Waals surface area contributed by atoms with Crippen LogP contribution >= 0.6 is 0 Å². The average Bonchev–Trinajstić information content (AvgIpc) is 2.04. The summed E-state index contributed by atoms with van der Waals surface area (Å²) in [5.74, 6) is 0.263. The molecule has 0 amide bonds. The zero-order chi connectivity index (χ0) is 9.61. The highest BCUT2D eigenvalue weighted by Crippen LogP contribution is 2.22. The number of rotatable bonds is 6. The molecule has 0 aromatic rings. The van der Waals surface area contributed by atoms with Gasteiger partial charge < -0.3 is 10.8 Å². The lowest BCUT2D eigenvalue weighted by atomic mass is 9.85. The average molecular weight is 173 g/mol. The fourth-order valence-electron chi connectivity index (χ4n) is 1.31. The Hall–Kier alpha value is -0.0800. The summed E-state index contributed by atoms with van der Waals surface area (Å²) in [6.45, 7) is 6.60. The Morgan fingerprint density at radius 1 is 1.33 bits per heavy atom. The second kappa shape index (κ2) is 5.55. The van der Waals surface area contributed by atoms with Crippen molar-refractivity contribution in [3.05, 3.63) is 0 Å². The number of hydrogen-bond acceptors (Lipinski definition) is 2. The summed E-state index contributed by atoms with van der Waals surface area (Å²) >= 11 is 0. The molecule has 74 valence electrons. The molecule has 1 atom stereocenters. The first-order chi connectivity index (χ1) is 5.56. The van der Waals surface area contributed by atoms with Gasteiger partial charge in [0.2, 0.25) is 0 Å². The van der Waals surface area contributed by atoms with Crippen LogP contribution in [-0.2, 0) is 0 Å². The van der Waals surface area contributed by atoms with Crippen molar-refractivity contribution in [2.75, 3.05) is 6.54 Å². The van der Waals surface area contributed by atoms with Crippen molar-refractivity contribution in [3.8, 4) is 0 Å². The second-order valence-corrected chi connectivity index (χ2v) is 3.92. The summed E-state index contributed by atoms with van der Waals surface area (Å²) in [6.07, 6.45) is 4.31. The van der Waals surface area contributed by atoms with Crippen molar-refractivity contribution in [2.45, 2.75) is 52.1 Å². The first kappa shape index (κ1) is 11.9. The molecule has 0 spiro atoms. The monoisotopic (exact) mass is 173 g/mol. The van der Waals surface area contributed by atoms with Crippen LogP contribution in [0.3, 0.4) is 0 Å². The molecule has 0 saturated carbocycles. The third kappa shape index (κ3) is 3.55. The predicted molar refractivity (Wildman–Crippen MR) is 53.0 cm³/mol. The molecule has 0 rings (SSSR count). The molecular formula is C10H23NO. The van der Waals surface area contributed by atoms with E-state index >= 15 is 0 Å². The molecule has 0 aliphatic heterocycles. The van der Waals surface area contributed by atoms with E-state index in [1.54, 1.807) is 0 Å². The largest absolute Gasteiger partial charge is 0.388 e. The molecule has 0 fully saturated rings. The van der Waals surface area contributed by atoms with Crippen LogP contribution in [0.2, 0.25) is 0 Å². The topological polar surface area (TPSA) is 46.2 Å². The van der Waals surface area contributed by atoms with Gasteiger partial charge >= 0.3 is 0 Å². The zero-order valence-electron chi connectivity index (χ0n) is 8.64. The maximum Gasteiger partial charge on any atom is 0.0792 e. The Morgan fingerprint density at radius 3 is 2.25 bits per heavy atom. The number of unbranched alkanes of at least 4 members (excludes halogenated alkanes) is 2. The van der Waals surface area contributed by atoms with Crippen LogP contribution in [-0.4, -0.2) is 17.3 Å². The van der Waals surface area contributed by atoms with Gasteiger partial charge in [0.05, 0.1) is 5.60 Å². The Balaban J connectivity index is 3.80. The summed E-state index contributed by atoms with van der Waals surface area (Å²) in [7, 11) is 0. The summed E-state index contributed by atoms with van der Waals surface area (Å²) in [4.78, 5) is 0. The van der Waals surface area contributed by atoms with Gasteiger partial charge in [-0.25, -0.2) is 0 Å². The van der Waals surface area contributed by atoms with Gasteiger partial charge in [0.15, 0.2) is 0 Å². The molecule has 0 bridgehead atoms. The van der Waals surface area contributed by atoms with E-state index in [-0.39, 0.29) is 5.92 Å². The van der Waals surface area contributed by atoms with Crippen molar-refractivity contribution in [3.63, 3.8) is 0 Å². The molecule has 0 saturated heterocycles. The van der Waals surface area contributed by atoms with Crippen molar-refractivity contribution < 1.29 is 5.11 Å². The highest BCUT2D eigenvalue weighted by Gasteiger charge is 2.28. The Morgan fingerprint density at radius 2 is 1.92 bits per heavy atom. The predicted octanol–water partition coefficient (Wildman–Crippen LogP) is 1.91. The van der Waals surface area contributed by atoms with Crippen LogP contribution in [0.25, 0.3) is 0 Å². The van der Waals surface area contributed by atoms with Gasteiger partial charge in [-0.05, 0) is 12.3 Å². The summed E-state index contributed by atoms with van der Waals surface area (Å²) in [5.41, 5.74) is 4.91. The molecule has 2 nitrogen and oxygen atoms in total. The van der Waals surface area contributed by atoms with Crippen LogP contribution in [0.5, 0.6) is 0 Å². The van der Waals surface area contributed by atoms with Gasteiger partial charge in [0.1, 0.15) is 0 Å². The minimum atomic E-state index is -0.630. The molecule has 3 N–H and O–H groups in total. The molecule has 0 aromatic carbocycles. The highest BCUT2D eigenvalue weighted by atomic mass is 16.3. The van der Waals surface area contributed by atoms with E-state index < -0.39 is 5.60 Å². The van der Waals surface area contributed by atoms with Crippen LogP contribution in [0.4, 0.5) is 0 Å². The molecule has 0 aliphatic carbocycles. The van der Waals surface area contributed by atoms with Gasteiger partial charge in [0.25, 0.3) is 0 Å². The lowest BCUT2D eigenvalue weighted by Gasteiger charge is -2.30. The summed E-state index contributed by atoms with van der Waals surface area (Å²) < 4.78 is 0. The fraction of sp³-hybridized carbons (Fsp3) is 1.00. The van der Waals surface area contributed by atoms with Gasteiger partial charge in [0, 0.05) is 6.54 Å². The molecule has 0 heterocycles. The summed E-state index contributed by atoms with van der Waals surface area (Å²) in [5, 5.41) is 10.00. The fourth-order valence-corrected chi connectivity index (χ4v) is 1.31. The van der Waals surface area contributed by atoms with E-state index in [4.69, 9.17) is 5.73 Å². The molecule has 12 heavy (non-hydrogen) atoms. The minimum Gasteiger partial charge on any atom is -0.388 e. The Bertz CT molecular complexity index is 114. The van der Waals surface area contributed by atoms with Gasteiger partial charge in [-0.3, -0.25) is 0 Å². The molecule has 2 heteroatoms. The third-order valence-corrected chi connectivity index (χ3v) is 2.64. The Labute approximate surface area is 76.2 Å². The van der Waals surface area contributed by atoms with Crippen molar-refractivity contribution in [2.24, 2.45) is 11.7 Å². The first-order valence-electron chi connectivity index (χ1n) is 4.99. The lowest BCUT2D eigenvalue weighted by molar-refractivity contribution is -0.00639. The van der Waals surface area contributed by atoms with E-state index in [9.17, 15) is 5.11 Å². The van der Waals surface area contributed by atoms with Crippen LogP contribution in [0, 0.1) is 5.92 Å². The van der Waals surface area contributed by atoms with Crippen LogP contribution in [0.1, 0.15) is 46.5 Å². The number of hydrogen-bond donors (Lipinski definition) is 2. The van der Waals surface area contributed by atoms with Crippen molar-refractivity contribution in [1.29, 1.82) is 0 Å². The Kier molecular flexibility index (Phi) is 5.51.